The van der Waals surface area contributed by atoms with E-state index in [4.69, 9.17) is 16.3 Å². The molecule has 0 aliphatic heterocycles. The largest absolute Gasteiger partial charge is 0.496 e. The second-order valence-electron chi connectivity index (χ2n) is 5.51. The normalized spacial score (nSPS) is 24.8. The van der Waals surface area contributed by atoms with Crippen molar-refractivity contribution in [2.75, 3.05) is 7.11 Å². The van der Waals surface area contributed by atoms with E-state index in [0.29, 0.717) is 29.2 Å². The molecule has 21 heavy (non-hydrogen) atoms. The minimum absolute atomic E-state index is 0.183. The van der Waals surface area contributed by atoms with Gasteiger partial charge >= 0.3 is 5.97 Å². The Balaban J connectivity index is 2.34. The van der Waals surface area contributed by atoms with Gasteiger partial charge in [-0.15, -0.1) is 0 Å². The molecule has 114 valence electrons. The van der Waals surface area contributed by atoms with Crippen molar-refractivity contribution in [3.05, 3.63) is 28.8 Å². The van der Waals surface area contributed by atoms with Gasteiger partial charge in [0.15, 0.2) is 5.78 Å². The zero-order chi connectivity index (χ0) is 15.6. The molecule has 3 unspecified atom stereocenters. The lowest BCUT2D eigenvalue weighted by Gasteiger charge is -2.16. The highest BCUT2D eigenvalue weighted by Crippen LogP contribution is 2.41. The lowest BCUT2D eigenvalue weighted by atomic mass is 9.88. The number of carbonyl (C=O) groups excluding carboxylic acids is 1. The number of aliphatic carboxylic acids is 1. The van der Waals surface area contributed by atoms with Gasteiger partial charge in [0.25, 0.3) is 0 Å². The van der Waals surface area contributed by atoms with Crippen LogP contribution in [0.3, 0.4) is 0 Å². The molecule has 0 saturated heterocycles. The number of benzene rings is 1. The van der Waals surface area contributed by atoms with E-state index in [9.17, 15) is 14.7 Å². The van der Waals surface area contributed by atoms with Gasteiger partial charge in [0.1, 0.15) is 5.75 Å². The van der Waals surface area contributed by atoms with Crippen molar-refractivity contribution in [3.63, 3.8) is 0 Å². The summed E-state index contributed by atoms with van der Waals surface area (Å²) in [5.74, 6) is -1.48. The maximum Gasteiger partial charge on any atom is 0.307 e. The molecule has 0 bridgehead atoms. The minimum Gasteiger partial charge on any atom is -0.496 e. The third kappa shape index (κ3) is 3.21. The van der Waals surface area contributed by atoms with E-state index in [0.717, 1.165) is 6.42 Å². The summed E-state index contributed by atoms with van der Waals surface area (Å²) in [7, 11) is 1.48. The Labute approximate surface area is 129 Å². The fourth-order valence-corrected chi connectivity index (χ4v) is 3.28. The predicted octanol–water partition coefficient (Wildman–Crippen LogP) is 3.67. The third-order valence-electron chi connectivity index (χ3n) is 4.32. The fraction of sp³-hybridized carbons (Fsp3) is 0.500. The highest BCUT2D eigenvalue weighted by Gasteiger charge is 2.42. The molecule has 1 aromatic rings. The monoisotopic (exact) mass is 310 g/mol. The zero-order valence-electron chi connectivity index (χ0n) is 12.1. The zero-order valence-corrected chi connectivity index (χ0v) is 12.9. The molecule has 3 atom stereocenters. The van der Waals surface area contributed by atoms with Crippen LogP contribution in [0.4, 0.5) is 0 Å². The molecule has 0 aromatic heterocycles. The van der Waals surface area contributed by atoms with Crippen molar-refractivity contribution >= 4 is 23.4 Å². The van der Waals surface area contributed by atoms with Crippen LogP contribution in [-0.2, 0) is 4.79 Å². The van der Waals surface area contributed by atoms with E-state index in [-0.39, 0.29) is 11.7 Å². The van der Waals surface area contributed by atoms with Crippen LogP contribution >= 0.6 is 11.6 Å². The number of carbonyl (C=O) groups is 2. The average molecular weight is 311 g/mol. The van der Waals surface area contributed by atoms with Gasteiger partial charge in [-0.2, -0.15) is 0 Å². The number of rotatable bonds is 5. The molecule has 4 nitrogen and oxygen atoms in total. The van der Waals surface area contributed by atoms with Gasteiger partial charge in [-0.25, -0.2) is 0 Å². The predicted molar refractivity (Wildman–Crippen MR) is 80.0 cm³/mol. The maximum absolute atomic E-state index is 12.8. The van der Waals surface area contributed by atoms with Crippen molar-refractivity contribution in [3.8, 4) is 5.75 Å². The molecule has 0 heterocycles. The second kappa shape index (κ2) is 6.48. The van der Waals surface area contributed by atoms with Crippen molar-refractivity contribution in [2.45, 2.75) is 26.2 Å². The molecule has 1 N–H and O–H groups in total. The van der Waals surface area contributed by atoms with Gasteiger partial charge in [-0.1, -0.05) is 24.9 Å². The summed E-state index contributed by atoms with van der Waals surface area (Å²) in [6.45, 7) is 2.02. The first kappa shape index (κ1) is 15.8. The van der Waals surface area contributed by atoms with Gasteiger partial charge in [0.05, 0.1) is 18.6 Å². The van der Waals surface area contributed by atoms with Gasteiger partial charge < -0.3 is 9.84 Å². The number of hydrogen-bond donors (Lipinski definition) is 1. The lowest BCUT2D eigenvalue weighted by molar-refractivity contribution is -0.142. The molecule has 0 amide bonds. The van der Waals surface area contributed by atoms with E-state index >= 15 is 0 Å². The van der Waals surface area contributed by atoms with Crippen LogP contribution in [0.5, 0.6) is 5.75 Å². The van der Waals surface area contributed by atoms with Crippen LogP contribution in [0.1, 0.15) is 36.5 Å². The average Bonchev–Trinajstić information content (AvgIpc) is 2.91. The standard InChI is InChI=1S/C16H19ClO4/c1-3-9-6-11(12(7-9)16(19)20)15(18)13-8-10(17)4-5-14(13)21-2/h4-5,8-9,11-12H,3,6-7H2,1-2H3,(H,19,20). The number of carboxylic acid groups (broad SMARTS) is 1. The van der Waals surface area contributed by atoms with Gasteiger partial charge in [-0.05, 0) is 37.0 Å². The van der Waals surface area contributed by atoms with Crippen LogP contribution in [0.15, 0.2) is 18.2 Å². The molecule has 1 saturated carbocycles. The Morgan fingerprint density at radius 2 is 2.00 bits per heavy atom. The van der Waals surface area contributed by atoms with E-state index < -0.39 is 17.8 Å². The Hall–Kier alpha value is -1.55. The van der Waals surface area contributed by atoms with Crippen LogP contribution in [0.2, 0.25) is 5.02 Å². The third-order valence-corrected chi connectivity index (χ3v) is 4.55. The molecular weight excluding hydrogens is 292 g/mol. The first-order chi connectivity index (χ1) is 9.97. The number of carboxylic acids is 1. The van der Waals surface area contributed by atoms with E-state index in [2.05, 4.69) is 0 Å². The second-order valence-corrected chi connectivity index (χ2v) is 5.94. The molecule has 5 heteroatoms. The van der Waals surface area contributed by atoms with E-state index in [1.54, 1.807) is 18.2 Å². The van der Waals surface area contributed by atoms with Crippen molar-refractivity contribution in [2.24, 2.45) is 17.8 Å². The van der Waals surface area contributed by atoms with Crippen molar-refractivity contribution in [1.82, 2.24) is 0 Å². The van der Waals surface area contributed by atoms with Gasteiger partial charge in [-0.3, -0.25) is 9.59 Å². The highest BCUT2D eigenvalue weighted by molar-refractivity contribution is 6.31. The Morgan fingerprint density at radius 1 is 1.33 bits per heavy atom. The fourth-order valence-electron chi connectivity index (χ4n) is 3.11. The number of ether oxygens (including phenoxy) is 1. The molecule has 1 fully saturated rings. The minimum atomic E-state index is -0.898. The van der Waals surface area contributed by atoms with E-state index in [1.807, 2.05) is 6.92 Å². The van der Waals surface area contributed by atoms with Crippen LogP contribution in [0, 0.1) is 17.8 Å². The molecule has 1 aliphatic rings. The molecular formula is C16H19ClO4. The first-order valence-corrected chi connectivity index (χ1v) is 7.46. The Morgan fingerprint density at radius 3 is 2.57 bits per heavy atom. The maximum atomic E-state index is 12.8. The Bertz CT molecular complexity index is 555. The van der Waals surface area contributed by atoms with Crippen LogP contribution in [-0.4, -0.2) is 24.0 Å². The Kier molecular flexibility index (Phi) is 4.88. The number of halogens is 1. The molecule has 0 spiro atoms. The molecule has 1 aliphatic carbocycles. The first-order valence-electron chi connectivity index (χ1n) is 7.08. The summed E-state index contributed by atoms with van der Waals surface area (Å²) in [5.41, 5.74) is 0.373. The van der Waals surface area contributed by atoms with Crippen LogP contribution in [0.25, 0.3) is 0 Å². The topological polar surface area (TPSA) is 63.6 Å². The highest BCUT2D eigenvalue weighted by atomic mass is 35.5. The van der Waals surface area contributed by atoms with Gasteiger partial charge in [0, 0.05) is 10.9 Å². The number of Topliss-reactive ketones (excluding diaryl/α,β-unsaturated/α-hetero) is 1. The van der Waals surface area contributed by atoms with Crippen molar-refractivity contribution < 1.29 is 19.4 Å². The molecule has 1 aromatic carbocycles. The summed E-state index contributed by atoms with van der Waals surface area (Å²) < 4.78 is 5.20. The summed E-state index contributed by atoms with van der Waals surface area (Å²) in [6.07, 6.45) is 2.06. The van der Waals surface area contributed by atoms with Gasteiger partial charge in [0.2, 0.25) is 0 Å². The summed E-state index contributed by atoms with van der Waals surface area (Å²) in [4.78, 5) is 24.2. The smallest absolute Gasteiger partial charge is 0.307 e. The van der Waals surface area contributed by atoms with E-state index in [1.165, 1.54) is 7.11 Å². The number of ketones is 1. The summed E-state index contributed by atoms with van der Waals surface area (Å²) in [5, 5.41) is 9.81. The quantitative estimate of drug-likeness (QED) is 0.843. The number of methoxy groups -OCH3 is 1. The van der Waals surface area contributed by atoms with Crippen molar-refractivity contribution in [1.29, 1.82) is 0 Å². The van der Waals surface area contributed by atoms with Crippen LogP contribution < -0.4 is 4.74 Å². The lowest BCUT2D eigenvalue weighted by Crippen LogP contribution is -2.25. The SMILES string of the molecule is CCC1CC(C(=O)O)C(C(=O)c2cc(Cl)ccc2OC)C1. The summed E-state index contributed by atoms with van der Waals surface area (Å²) >= 11 is 5.96. The molecule has 0 radical (unpaired) electrons. The number of hydrogen-bond acceptors (Lipinski definition) is 3. The molecule has 2 rings (SSSR count). The summed E-state index contributed by atoms with van der Waals surface area (Å²) in [6, 6.07) is 4.84.